The second-order valence-electron chi connectivity index (χ2n) is 3.68. The fraction of sp³-hybridized carbons (Fsp3) is 0.500. The number of ether oxygens (including phenoxy) is 1. The van der Waals surface area contributed by atoms with Crippen LogP contribution in [-0.2, 0) is 4.74 Å². The molecule has 0 radical (unpaired) electrons. The summed E-state index contributed by atoms with van der Waals surface area (Å²) in [4.78, 5) is 8.60. The van der Waals surface area contributed by atoms with E-state index in [0.29, 0.717) is 11.7 Å². The number of thiocarbonyl (C=S) groups is 1. The molecule has 2 heterocycles. The van der Waals surface area contributed by atoms with Crippen molar-refractivity contribution in [2.75, 3.05) is 18.5 Å². The molecule has 0 unspecified atom stereocenters. The molecule has 0 aromatic carbocycles. The first kappa shape index (κ1) is 11.2. The molecular formula is C10H14N4OS. The minimum atomic E-state index is 0.269. The van der Waals surface area contributed by atoms with Gasteiger partial charge in [0.15, 0.2) is 0 Å². The lowest BCUT2D eigenvalue weighted by Crippen LogP contribution is -2.28. The van der Waals surface area contributed by atoms with Gasteiger partial charge in [0.05, 0.1) is 12.4 Å². The molecular weight excluding hydrogens is 224 g/mol. The van der Waals surface area contributed by atoms with E-state index in [1.165, 1.54) is 0 Å². The van der Waals surface area contributed by atoms with E-state index < -0.39 is 0 Å². The van der Waals surface area contributed by atoms with Gasteiger partial charge in [0.1, 0.15) is 16.5 Å². The first-order chi connectivity index (χ1) is 7.75. The second-order valence-corrected chi connectivity index (χ2v) is 4.12. The number of nitrogens with two attached hydrogens (primary N) is 1. The van der Waals surface area contributed by atoms with Crippen molar-refractivity contribution < 1.29 is 4.74 Å². The fourth-order valence-corrected chi connectivity index (χ4v) is 1.69. The van der Waals surface area contributed by atoms with E-state index in [1.807, 2.05) is 0 Å². The minimum absolute atomic E-state index is 0.269. The third kappa shape index (κ3) is 2.86. The zero-order valence-electron chi connectivity index (χ0n) is 8.85. The third-order valence-electron chi connectivity index (χ3n) is 2.48. The fourth-order valence-electron chi connectivity index (χ4n) is 1.58. The molecule has 1 fully saturated rings. The van der Waals surface area contributed by atoms with Crippen LogP contribution in [-0.4, -0.2) is 34.2 Å². The van der Waals surface area contributed by atoms with Crippen molar-refractivity contribution in [3.63, 3.8) is 0 Å². The van der Waals surface area contributed by atoms with Crippen molar-refractivity contribution in [2.45, 2.75) is 18.9 Å². The molecule has 2 rings (SSSR count). The van der Waals surface area contributed by atoms with E-state index >= 15 is 0 Å². The summed E-state index contributed by atoms with van der Waals surface area (Å²) in [7, 11) is 0. The van der Waals surface area contributed by atoms with Crippen LogP contribution in [0.4, 0.5) is 5.82 Å². The van der Waals surface area contributed by atoms with Gasteiger partial charge in [-0.2, -0.15) is 0 Å². The van der Waals surface area contributed by atoms with Gasteiger partial charge >= 0.3 is 0 Å². The molecule has 0 aliphatic carbocycles. The summed E-state index contributed by atoms with van der Waals surface area (Å²) < 4.78 is 5.28. The van der Waals surface area contributed by atoms with Gasteiger partial charge in [0, 0.05) is 19.3 Å². The lowest BCUT2D eigenvalue weighted by Gasteiger charge is -2.23. The largest absolute Gasteiger partial charge is 0.388 e. The molecule has 0 bridgehead atoms. The van der Waals surface area contributed by atoms with E-state index in [0.717, 1.165) is 31.9 Å². The van der Waals surface area contributed by atoms with Gasteiger partial charge in [0.25, 0.3) is 0 Å². The van der Waals surface area contributed by atoms with Crippen molar-refractivity contribution in [3.05, 3.63) is 18.1 Å². The number of hydrogen-bond acceptors (Lipinski definition) is 5. The van der Waals surface area contributed by atoms with Crippen LogP contribution in [0, 0.1) is 0 Å². The zero-order chi connectivity index (χ0) is 11.4. The Morgan fingerprint density at radius 1 is 1.38 bits per heavy atom. The normalized spacial score (nSPS) is 17.0. The first-order valence-corrected chi connectivity index (χ1v) is 5.62. The molecule has 0 atom stereocenters. The summed E-state index contributed by atoms with van der Waals surface area (Å²) in [6.45, 7) is 1.60. The number of aromatic nitrogens is 2. The summed E-state index contributed by atoms with van der Waals surface area (Å²) in [5, 5.41) is 3.31. The maximum atomic E-state index is 5.44. The standard InChI is InChI=1S/C10H14N4OS/c11-10(16)8-5-13-9(6-12-8)14-7-1-3-15-4-2-7/h5-7H,1-4H2,(H2,11,16)(H,13,14). The second kappa shape index (κ2) is 5.18. The highest BCUT2D eigenvalue weighted by atomic mass is 32.1. The summed E-state index contributed by atoms with van der Waals surface area (Å²) in [5.41, 5.74) is 5.99. The Morgan fingerprint density at radius 2 is 2.12 bits per heavy atom. The van der Waals surface area contributed by atoms with Crippen LogP contribution in [0.3, 0.4) is 0 Å². The molecule has 6 heteroatoms. The molecule has 0 amide bonds. The van der Waals surface area contributed by atoms with Gasteiger partial charge in [-0.1, -0.05) is 12.2 Å². The number of anilines is 1. The highest BCUT2D eigenvalue weighted by Gasteiger charge is 2.13. The van der Waals surface area contributed by atoms with Crippen molar-refractivity contribution >= 4 is 23.0 Å². The smallest absolute Gasteiger partial charge is 0.144 e. The lowest BCUT2D eigenvalue weighted by atomic mass is 10.1. The summed E-state index contributed by atoms with van der Waals surface area (Å²) in [6, 6.07) is 0.415. The Morgan fingerprint density at radius 3 is 2.69 bits per heavy atom. The Hall–Kier alpha value is -1.27. The molecule has 0 spiro atoms. The highest BCUT2D eigenvalue weighted by Crippen LogP contribution is 2.12. The van der Waals surface area contributed by atoms with Gasteiger partial charge < -0.3 is 15.8 Å². The van der Waals surface area contributed by atoms with Crippen LogP contribution < -0.4 is 11.1 Å². The topological polar surface area (TPSA) is 73.1 Å². The van der Waals surface area contributed by atoms with E-state index in [1.54, 1.807) is 12.4 Å². The van der Waals surface area contributed by atoms with Crippen LogP contribution in [0.1, 0.15) is 18.5 Å². The predicted molar refractivity (Wildman–Crippen MR) is 65.4 cm³/mol. The molecule has 1 aromatic rings. The average molecular weight is 238 g/mol. The highest BCUT2D eigenvalue weighted by molar-refractivity contribution is 7.80. The molecule has 5 nitrogen and oxygen atoms in total. The van der Waals surface area contributed by atoms with E-state index in [2.05, 4.69) is 15.3 Å². The number of nitrogens with one attached hydrogen (secondary N) is 1. The van der Waals surface area contributed by atoms with Crippen LogP contribution >= 0.6 is 12.2 Å². The van der Waals surface area contributed by atoms with Crippen LogP contribution in [0.25, 0.3) is 0 Å². The van der Waals surface area contributed by atoms with Crippen molar-refractivity contribution in [1.82, 2.24) is 9.97 Å². The molecule has 1 aliphatic heterocycles. The summed E-state index contributed by atoms with van der Waals surface area (Å²) in [6.07, 6.45) is 5.24. The maximum absolute atomic E-state index is 5.44. The van der Waals surface area contributed by atoms with Gasteiger partial charge in [-0.25, -0.2) is 9.97 Å². The molecule has 1 aromatic heterocycles. The number of hydrogen-bond donors (Lipinski definition) is 2. The summed E-state index contributed by atoms with van der Waals surface area (Å²) in [5.74, 6) is 0.756. The quantitative estimate of drug-likeness (QED) is 0.755. The number of nitrogens with zero attached hydrogens (tertiary/aromatic N) is 2. The molecule has 3 N–H and O–H groups in total. The van der Waals surface area contributed by atoms with Crippen molar-refractivity contribution in [1.29, 1.82) is 0 Å². The third-order valence-corrected chi connectivity index (χ3v) is 2.69. The first-order valence-electron chi connectivity index (χ1n) is 5.22. The SMILES string of the molecule is NC(=S)c1cnc(NC2CCOCC2)cn1. The zero-order valence-corrected chi connectivity index (χ0v) is 9.67. The Labute approximate surface area is 99.4 Å². The Bertz CT molecular complexity index is 362. The monoisotopic (exact) mass is 238 g/mol. The molecule has 16 heavy (non-hydrogen) atoms. The molecule has 1 aliphatic rings. The Balaban J connectivity index is 1.96. The van der Waals surface area contributed by atoms with E-state index in [9.17, 15) is 0 Å². The van der Waals surface area contributed by atoms with Crippen LogP contribution in [0.15, 0.2) is 12.4 Å². The predicted octanol–water partition coefficient (Wildman–Crippen LogP) is 0.702. The number of rotatable bonds is 3. The van der Waals surface area contributed by atoms with Gasteiger partial charge in [-0.3, -0.25) is 0 Å². The van der Waals surface area contributed by atoms with Gasteiger partial charge in [-0.15, -0.1) is 0 Å². The van der Waals surface area contributed by atoms with Gasteiger partial charge in [-0.05, 0) is 12.8 Å². The van der Waals surface area contributed by atoms with Gasteiger partial charge in [0.2, 0.25) is 0 Å². The maximum Gasteiger partial charge on any atom is 0.144 e. The molecule has 1 saturated heterocycles. The van der Waals surface area contributed by atoms with Crippen LogP contribution in [0.5, 0.6) is 0 Å². The van der Waals surface area contributed by atoms with Crippen molar-refractivity contribution in [2.24, 2.45) is 5.73 Å². The average Bonchev–Trinajstić information content (AvgIpc) is 2.31. The molecule has 86 valence electrons. The summed E-state index contributed by atoms with van der Waals surface area (Å²) >= 11 is 4.81. The Kier molecular flexibility index (Phi) is 3.63. The lowest BCUT2D eigenvalue weighted by molar-refractivity contribution is 0.0904. The van der Waals surface area contributed by atoms with Crippen LogP contribution in [0.2, 0.25) is 0 Å². The van der Waals surface area contributed by atoms with Crippen molar-refractivity contribution in [3.8, 4) is 0 Å². The van der Waals surface area contributed by atoms with E-state index in [4.69, 9.17) is 22.7 Å². The van der Waals surface area contributed by atoms with E-state index in [-0.39, 0.29) is 4.99 Å². The minimum Gasteiger partial charge on any atom is -0.388 e. The molecule has 0 saturated carbocycles.